The summed E-state index contributed by atoms with van der Waals surface area (Å²) in [5.74, 6) is -1.84. The van der Waals surface area contributed by atoms with E-state index in [1.165, 1.54) is 44.2 Å². The van der Waals surface area contributed by atoms with Gasteiger partial charge in [-0.1, -0.05) is 16.4 Å². The fourth-order valence-electron chi connectivity index (χ4n) is 2.52. The van der Waals surface area contributed by atoms with Crippen LogP contribution < -0.4 is 10.6 Å². The number of rotatable bonds is 8. The van der Waals surface area contributed by atoms with Crippen molar-refractivity contribution in [2.45, 2.75) is 39.9 Å². The van der Waals surface area contributed by atoms with Gasteiger partial charge < -0.3 is 29.2 Å². The lowest BCUT2D eigenvalue weighted by atomic mass is 10.3. The second kappa shape index (κ2) is 10.4. The molecule has 3 heterocycles. The number of aromatic nitrogens is 3. The molecule has 2 amide bonds. The molecular weight excluding hydrogens is 450 g/mol. The number of esters is 2. The molecular formula is C21H21N5O8. The Morgan fingerprint density at radius 3 is 1.56 bits per heavy atom. The Morgan fingerprint density at radius 2 is 1.21 bits per heavy atom. The summed E-state index contributed by atoms with van der Waals surface area (Å²) in [7, 11) is 0. The van der Waals surface area contributed by atoms with Gasteiger partial charge in [-0.3, -0.25) is 9.59 Å². The molecule has 0 saturated heterocycles. The number of nitrogens with one attached hydrogen (secondary N) is 2. The average molecular weight is 471 g/mol. The number of aryl methyl sites for hydroxylation is 2. The number of pyridine rings is 1. The van der Waals surface area contributed by atoms with E-state index < -0.39 is 36.0 Å². The van der Waals surface area contributed by atoms with E-state index in [2.05, 4.69) is 25.9 Å². The van der Waals surface area contributed by atoms with Crippen molar-refractivity contribution in [2.24, 2.45) is 0 Å². The minimum atomic E-state index is -1.19. The van der Waals surface area contributed by atoms with Crippen LogP contribution in [0, 0.1) is 13.8 Å². The van der Waals surface area contributed by atoms with Gasteiger partial charge in [-0.25, -0.2) is 14.6 Å². The molecule has 0 aliphatic rings. The van der Waals surface area contributed by atoms with Crippen molar-refractivity contribution in [2.75, 3.05) is 10.6 Å². The molecule has 0 aliphatic heterocycles. The highest BCUT2D eigenvalue weighted by atomic mass is 16.6. The van der Waals surface area contributed by atoms with Crippen LogP contribution in [0.5, 0.6) is 0 Å². The van der Waals surface area contributed by atoms with Gasteiger partial charge in [0, 0.05) is 12.1 Å². The van der Waals surface area contributed by atoms with E-state index in [0.29, 0.717) is 11.5 Å². The molecule has 3 rings (SSSR count). The first-order valence-electron chi connectivity index (χ1n) is 9.99. The normalized spacial score (nSPS) is 12.4. The molecule has 178 valence electrons. The lowest BCUT2D eigenvalue weighted by Crippen LogP contribution is -2.31. The van der Waals surface area contributed by atoms with Crippen molar-refractivity contribution in [3.05, 3.63) is 53.2 Å². The van der Waals surface area contributed by atoms with Crippen LogP contribution in [-0.2, 0) is 19.1 Å². The number of nitrogens with zero attached hydrogens (tertiary/aromatic N) is 3. The Bertz CT molecular complexity index is 1130. The third-order valence-corrected chi connectivity index (χ3v) is 4.23. The lowest BCUT2D eigenvalue weighted by Gasteiger charge is -2.13. The first kappa shape index (κ1) is 24.1. The molecule has 3 aromatic heterocycles. The summed E-state index contributed by atoms with van der Waals surface area (Å²) in [6, 6.07) is 6.97. The Kier molecular flexibility index (Phi) is 7.36. The number of ether oxygens (including phenoxy) is 2. The Labute approximate surface area is 192 Å². The molecule has 0 fully saturated rings. The summed E-state index contributed by atoms with van der Waals surface area (Å²) in [5, 5.41) is 12.1. The van der Waals surface area contributed by atoms with Gasteiger partial charge >= 0.3 is 11.9 Å². The first-order valence-corrected chi connectivity index (χ1v) is 9.99. The van der Waals surface area contributed by atoms with E-state index in [4.69, 9.17) is 18.5 Å². The van der Waals surface area contributed by atoms with Gasteiger partial charge in [0.25, 0.3) is 11.8 Å². The van der Waals surface area contributed by atoms with Crippen LogP contribution in [0.1, 0.15) is 46.3 Å². The van der Waals surface area contributed by atoms with Gasteiger partial charge in [0.2, 0.25) is 0 Å². The average Bonchev–Trinajstić information content (AvgIpc) is 3.40. The molecule has 3 aromatic rings. The molecule has 34 heavy (non-hydrogen) atoms. The highest BCUT2D eigenvalue weighted by molar-refractivity contribution is 5.98. The van der Waals surface area contributed by atoms with Gasteiger partial charge in [-0.05, 0) is 39.8 Å². The largest absolute Gasteiger partial charge is 0.448 e. The van der Waals surface area contributed by atoms with Crippen LogP contribution >= 0.6 is 0 Å². The predicted molar refractivity (Wildman–Crippen MR) is 114 cm³/mol. The highest BCUT2D eigenvalue weighted by Gasteiger charge is 2.24. The van der Waals surface area contributed by atoms with Crippen LogP contribution in [0.4, 0.5) is 11.6 Å². The SMILES string of the molecule is Cc1cc(NC(=O)[C@H](C)OC(=O)c2cccc(C(=O)O[C@@H](C)C(=O)Nc3cc(C)on3)n2)no1. The number of hydrogen-bond donors (Lipinski definition) is 2. The van der Waals surface area contributed by atoms with Crippen molar-refractivity contribution in [1.29, 1.82) is 0 Å². The zero-order chi connectivity index (χ0) is 24.8. The van der Waals surface area contributed by atoms with Gasteiger partial charge in [0.05, 0.1) is 0 Å². The number of carbonyl (C=O) groups is 4. The van der Waals surface area contributed by atoms with Gasteiger partial charge in [0.1, 0.15) is 22.9 Å². The van der Waals surface area contributed by atoms with Gasteiger partial charge in [-0.15, -0.1) is 0 Å². The van der Waals surface area contributed by atoms with E-state index in [1.54, 1.807) is 13.8 Å². The van der Waals surface area contributed by atoms with Crippen molar-refractivity contribution in [1.82, 2.24) is 15.3 Å². The number of hydrogen-bond acceptors (Lipinski definition) is 11. The standard InChI is InChI=1S/C21H21N5O8/c1-10-8-16(25-33-10)23-18(27)12(3)31-20(29)14-6-5-7-15(22-14)21(30)32-13(4)19(28)24-17-9-11(2)34-26-17/h5-9,12-13H,1-4H3,(H,23,25,27)(H,24,26,28)/t12-,13-/m0/s1. The number of amides is 2. The zero-order valence-electron chi connectivity index (χ0n) is 18.6. The van der Waals surface area contributed by atoms with Crippen LogP contribution in [-0.4, -0.2) is 51.3 Å². The smallest absolute Gasteiger partial charge is 0.357 e. The maximum Gasteiger partial charge on any atom is 0.357 e. The second-order valence-corrected chi connectivity index (χ2v) is 7.13. The number of anilines is 2. The minimum Gasteiger partial charge on any atom is -0.448 e. The van der Waals surface area contributed by atoms with Crippen LogP contribution in [0.2, 0.25) is 0 Å². The van der Waals surface area contributed by atoms with Gasteiger partial charge in [0.15, 0.2) is 23.8 Å². The molecule has 2 atom stereocenters. The van der Waals surface area contributed by atoms with E-state index in [0.717, 1.165) is 0 Å². The third kappa shape index (κ3) is 6.25. The first-order chi connectivity index (χ1) is 16.1. The molecule has 0 aromatic carbocycles. The van der Waals surface area contributed by atoms with Crippen molar-refractivity contribution in [3.63, 3.8) is 0 Å². The molecule has 0 spiro atoms. The maximum absolute atomic E-state index is 12.4. The molecule has 0 bridgehead atoms. The van der Waals surface area contributed by atoms with E-state index in [1.807, 2.05) is 0 Å². The molecule has 0 radical (unpaired) electrons. The lowest BCUT2D eigenvalue weighted by molar-refractivity contribution is -0.124. The molecule has 0 aliphatic carbocycles. The highest BCUT2D eigenvalue weighted by Crippen LogP contribution is 2.11. The maximum atomic E-state index is 12.4. The van der Waals surface area contributed by atoms with E-state index >= 15 is 0 Å². The Balaban J connectivity index is 1.57. The van der Waals surface area contributed by atoms with Crippen molar-refractivity contribution in [3.8, 4) is 0 Å². The summed E-state index contributed by atoms with van der Waals surface area (Å²) in [6.45, 7) is 6.02. The van der Waals surface area contributed by atoms with Gasteiger partial charge in [-0.2, -0.15) is 0 Å². The molecule has 13 heteroatoms. The second-order valence-electron chi connectivity index (χ2n) is 7.13. The van der Waals surface area contributed by atoms with E-state index in [9.17, 15) is 19.2 Å². The summed E-state index contributed by atoms with van der Waals surface area (Å²) < 4.78 is 19.9. The topological polar surface area (TPSA) is 176 Å². The fourth-order valence-corrected chi connectivity index (χ4v) is 2.52. The summed E-state index contributed by atoms with van der Waals surface area (Å²) in [6.07, 6.45) is -2.38. The van der Waals surface area contributed by atoms with E-state index in [-0.39, 0.29) is 23.0 Å². The van der Waals surface area contributed by atoms with Crippen LogP contribution in [0.3, 0.4) is 0 Å². The monoisotopic (exact) mass is 471 g/mol. The Morgan fingerprint density at radius 1 is 0.794 bits per heavy atom. The minimum absolute atomic E-state index is 0.171. The Hall–Kier alpha value is -4.55. The predicted octanol–water partition coefficient (Wildman–Crippen LogP) is 2.04. The number of carbonyl (C=O) groups excluding carboxylic acids is 4. The third-order valence-electron chi connectivity index (χ3n) is 4.23. The van der Waals surface area contributed by atoms with Crippen molar-refractivity contribution < 1.29 is 37.7 Å². The van der Waals surface area contributed by atoms with Crippen molar-refractivity contribution >= 4 is 35.4 Å². The molecule has 0 unspecified atom stereocenters. The molecule has 2 N–H and O–H groups in total. The quantitative estimate of drug-likeness (QED) is 0.460. The summed E-state index contributed by atoms with van der Waals surface area (Å²) in [5.41, 5.74) is -0.469. The van der Waals surface area contributed by atoms with Crippen LogP contribution in [0.25, 0.3) is 0 Å². The fraction of sp³-hybridized carbons (Fsp3) is 0.286. The summed E-state index contributed by atoms with van der Waals surface area (Å²) >= 11 is 0. The molecule has 13 nitrogen and oxygen atoms in total. The summed E-state index contributed by atoms with van der Waals surface area (Å²) in [4.78, 5) is 53.0. The zero-order valence-corrected chi connectivity index (χ0v) is 18.6. The van der Waals surface area contributed by atoms with Crippen LogP contribution in [0.15, 0.2) is 39.4 Å². The molecule has 0 saturated carbocycles.